The molecule has 8 nitrogen and oxygen atoms in total. The van der Waals surface area contributed by atoms with E-state index in [4.69, 9.17) is 14.7 Å². The van der Waals surface area contributed by atoms with Crippen molar-refractivity contribution in [1.29, 1.82) is 0 Å². The molecule has 3 heterocycles. The maximum atomic E-state index is 5.48. The first-order chi connectivity index (χ1) is 12.2. The number of hydrogen-bond acceptors (Lipinski definition) is 7. The van der Waals surface area contributed by atoms with Gasteiger partial charge in [0.05, 0.1) is 30.8 Å². The first kappa shape index (κ1) is 15.8. The summed E-state index contributed by atoms with van der Waals surface area (Å²) < 4.78 is 7.26. The van der Waals surface area contributed by atoms with E-state index in [1.807, 2.05) is 38.4 Å². The highest BCUT2D eigenvalue weighted by atomic mass is 16.5. The molecule has 0 radical (unpaired) electrons. The largest absolute Gasteiger partial charge is 0.378 e. The van der Waals surface area contributed by atoms with Gasteiger partial charge in [-0.15, -0.1) is 0 Å². The molecule has 0 aliphatic carbocycles. The van der Waals surface area contributed by atoms with Crippen molar-refractivity contribution >= 4 is 22.7 Å². The zero-order valence-corrected chi connectivity index (χ0v) is 14.5. The molecule has 4 rings (SSSR count). The minimum absolute atomic E-state index is 0.612. The molecule has 0 atom stereocenters. The molecule has 1 fully saturated rings. The standard InChI is InChI=1S/C17H21N7O/c1-22(11-15-18-12-19-23(15)2)16-17(24-7-9-25-10-8-24)21-14-6-4-3-5-13(14)20-16/h3-6,12H,7-11H2,1-2H3. The number of benzene rings is 1. The number of hydrogen-bond donors (Lipinski definition) is 0. The lowest BCUT2D eigenvalue weighted by molar-refractivity contribution is 0.122. The fraction of sp³-hybridized carbons (Fsp3) is 0.412. The van der Waals surface area contributed by atoms with Crippen LogP contribution in [0.3, 0.4) is 0 Å². The molecule has 3 aromatic rings. The Morgan fingerprint density at radius 2 is 1.84 bits per heavy atom. The molecule has 0 spiro atoms. The van der Waals surface area contributed by atoms with Gasteiger partial charge in [0.2, 0.25) is 0 Å². The van der Waals surface area contributed by atoms with Crippen molar-refractivity contribution in [2.45, 2.75) is 6.54 Å². The van der Waals surface area contributed by atoms with Crippen LogP contribution in [-0.4, -0.2) is 58.1 Å². The second-order valence-electron chi connectivity index (χ2n) is 6.11. The summed E-state index contributed by atoms with van der Waals surface area (Å²) in [5, 5.41) is 4.14. The molecule has 0 amide bonds. The molecule has 1 aliphatic heterocycles. The summed E-state index contributed by atoms with van der Waals surface area (Å²) >= 11 is 0. The Morgan fingerprint density at radius 3 is 2.52 bits per heavy atom. The molecular formula is C17H21N7O. The molecule has 0 N–H and O–H groups in total. The number of para-hydroxylation sites is 2. The van der Waals surface area contributed by atoms with Gasteiger partial charge in [0.1, 0.15) is 12.2 Å². The number of aryl methyl sites for hydroxylation is 1. The molecular weight excluding hydrogens is 318 g/mol. The topological polar surface area (TPSA) is 72.2 Å². The Bertz CT molecular complexity index is 872. The van der Waals surface area contributed by atoms with Gasteiger partial charge in [0.15, 0.2) is 11.6 Å². The van der Waals surface area contributed by atoms with E-state index in [0.29, 0.717) is 19.8 Å². The SMILES string of the molecule is CN(Cc1ncnn1C)c1nc2ccccc2nc1N1CCOCC1. The maximum absolute atomic E-state index is 5.48. The van der Waals surface area contributed by atoms with Gasteiger partial charge in [-0.1, -0.05) is 12.1 Å². The first-order valence-electron chi connectivity index (χ1n) is 8.36. The summed E-state index contributed by atoms with van der Waals surface area (Å²) in [6.45, 7) is 3.67. The Morgan fingerprint density at radius 1 is 1.12 bits per heavy atom. The van der Waals surface area contributed by atoms with Gasteiger partial charge in [-0.2, -0.15) is 5.10 Å². The van der Waals surface area contributed by atoms with E-state index < -0.39 is 0 Å². The lowest BCUT2D eigenvalue weighted by Gasteiger charge is -2.31. The summed E-state index contributed by atoms with van der Waals surface area (Å²) in [5.74, 6) is 2.63. The zero-order valence-electron chi connectivity index (χ0n) is 14.5. The van der Waals surface area contributed by atoms with Crippen LogP contribution in [0, 0.1) is 0 Å². The van der Waals surface area contributed by atoms with Crippen molar-refractivity contribution in [3.63, 3.8) is 0 Å². The predicted octanol–water partition coefficient (Wildman–Crippen LogP) is 1.23. The lowest BCUT2D eigenvalue weighted by Crippen LogP contribution is -2.38. The molecule has 0 unspecified atom stereocenters. The number of fused-ring (bicyclic) bond motifs is 1. The van der Waals surface area contributed by atoms with Crippen LogP contribution in [0.25, 0.3) is 11.0 Å². The average Bonchev–Trinajstić information content (AvgIpc) is 3.06. The van der Waals surface area contributed by atoms with Crippen LogP contribution in [0.5, 0.6) is 0 Å². The van der Waals surface area contributed by atoms with E-state index in [1.54, 1.807) is 11.0 Å². The van der Waals surface area contributed by atoms with Crippen molar-refractivity contribution in [2.24, 2.45) is 7.05 Å². The third-order valence-electron chi connectivity index (χ3n) is 4.39. The van der Waals surface area contributed by atoms with Crippen LogP contribution in [0.15, 0.2) is 30.6 Å². The van der Waals surface area contributed by atoms with Crippen molar-refractivity contribution < 1.29 is 4.74 Å². The third kappa shape index (κ3) is 3.12. The molecule has 1 aromatic carbocycles. The smallest absolute Gasteiger partial charge is 0.172 e. The highest BCUT2D eigenvalue weighted by Gasteiger charge is 2.21. The summed E-state index contributed by atoms with van der Waals surface area (Å²) in [4.78, 5) is 18.4. The molecule has 25 heavy (non-hydrogen) atoms. The van der Waals surface area contributed by atoms with Crippen molar-refractivity contribution in [1.82, 2.24) is 24.7 Å². The van der Waals surface area contributed by atoms with E-state index >= 15 is 0 Å². The lowest BCUT2D eigenvalue weighted by atomic mass is 10.3. The number of nitrogens with zero attached hydrogens (tertiary/aromatic N) is 7. The van der Waals surface area contributed by atoms with Gasteiger partial charge in [0, 0.05) is 27.2 Å². The first-order valence-corrected chi connectivity index (χ1v) is 8.36. The van der Waals surface area contributed by atoms with E-state index in [9.17, 15) is 0 Å². The fourth-order valence-electron chi connectivity index (χ4n) is 2.98. The van der Waals surface area contributed by atoms with E-state index in [2.05, 4.69) is 19.9 Å². The quantitative estimate of drug-likeness (QED) is 0.708. The van der Waals surface area contributed by atoms with E-state index in [0.717, 1.165) is 41.6 Å². The fourth-order valence-corrected chi connectivity index (χ4v) is 2.98. The van der Waals surface area contributed by atoms with Crippen LogP contribution in [0.2, 0.25) is 0 Å². The normalized spacial score (nSPS) is 14.9. The predicted molar refractivity (Wildman–Crippen MR) is 95.7 cm³/mol. The van der Waals surface area contributed by atoms with E-state index in [-0.39, 0.29) is 0 Å². The van der Waals surface area contributed by atoms with Gasteiger partial charge >= 0.3 is 0 Å². The van der Waals surface area contributed by atoms with Crippen LogP contribution < -0.4 is 9.80 Å². The number of aromatic nitrogens is 5. The number of ether oxygens (including phenoxy) is 1. The molecule has 8 heteroatoms. The van der Waals surface area contributed by atoms with Crippen LogP contribution in [-0.2, 0) is 18.3 Å². The van der Waals surface area contributed by atoms with Crippen molar-refractivity contribution in [2.75, 3.05) is 43.2 Å². The van der Waals surface area contributed by atoms with E-state index in [1.165, 1.54) is 0 Å². The molecule has 2 aromatic heterocycles. The number of rotatable bonds is 4. The van der Waals surface area contributed by atoms with Gasteiger partial charge in [-0.25, -0.2) is 15.0 Å². The van der Waals surface area contributed by atoms with Crippen molar-refractivity contribution in [3.05, 3.63) is 36.4 Å². The number of morpholine rings is 1. The summed E-state index contributed by atoms with van der Waals surface area (Å²) in [6, 6.07) is 7.96. The molecule has 0 bridgehead atoms. The molecule has 1 aliphatic rings. The highest BCUT2D eigenvalue weighted by molar-refractivity contribution is 5.80. The van der Waals surface area contributed by atoms with Gasteiger partial charge < -0.3 is 14.5 Å². The summed E-state index contributed by atoms with van der Waals surface area (Å²) in [5.41, 5.74) is 1.79. The Labute approximate surface area is 146 Å². The second-order valence-corrected chi connectivity index (χ2v) is 6.11. The maximum Gasteiger partial charge on any atom is 0.172 e. The Kier molecular flexibility index (Phi) is 4.19. The van der Waals surface area contributed by atoms with Crippen LogP contribution >= 0.6 is 0 Å². The Hall–Kier alpha value is -2.74. The van der Waals surface area contributed by atoms with Gasteiger partial charge in [-0.3, -0.25) is 4.68 Å². The van der Waals surface area contributed by atoms with Gasteiger partial charge in [-0.05, 0) is 12.1 Å². The zero-order chi connectivity index (χ0) is 17.2. The minimum Gasteiger partial charge on any atom is -0.378 e. The Balaban J connectivity index is 1.75. The monoisotopic (exact) mass is 339 g/mol. The molecule has 0 saturated carbocycles. The third-order valence-corrected chi connectivity index (χ3v) is 4.39. The number of anilines is 2. The second kappa shape index (κ2) is 6.64. The average molecular weight is 339 g/mol. The summed E-state index contributed by atoms with van der Waals surface area (Å²) in [6.07, 6.45) is 1.57. The molecule has 1 saturated heterocycles. The van der Waals surface area contributed by atoms with Crippen molar-refractivity contribution in [3.8, 4) is 0 Å². The minimum atomic E-state index is 0.612. The van der Waals surface area contributed by atoms with Crippen LogP contribution in [0.1, 0.15) is 5.82 Å². The van der Waals surface area contributed by atoms with Crippen LogP contribution in [0.4, 0.5) is 11.6 Å². The summed E-state index contributed by atoms with van der Waals surface area (Å²) in [7, 11) is 3.91. The highest BCUT2D eigenvalue weighted by Crippen LogP contribution is 2.28. The van der Waals surface area contributed by atoms with Gasteiger partial charge in [0.25, 0.3) is 0 Å². The molecule has 130 valence electrons.